The highest BCUT2D eigenvalue weighted by Crippen LogP contribution is 2.11. The number of carbonyl (C=O) groups excluding carboxylic acids is 2. The van der Waals surface area contributed by atoms with Crippen molar-refractivity contribution in [1.29, 1.82) is 0 Å². The number of hydrogen-bond acceptors (Lipinski definition) is 4. The van der Waals surface area contributed by atoms with Crippen molar-refractivity contribution in [3.05, 3.63) is 35.6 Å². The highest BCUT2D eigenvalue weighted by atomic mass is 19.1. The van der Waals surface area contributed by atoms with Gasteiger partial charge in [-0.3, -0.25) is 4.79 Å². The second-order valence-corrected chi connectivity index (χ2v) is 5.97. The fourth-order valence-corrected chi connectivity index (χ4v) is 1.81. The smallest absolute Gasteiger partial charge is 0.408 e. The monoisotopic (exact) mass is 326 g/mol. The van der Waals surface area contributed by atoms with Crippen LogP contribution in [0.1, 0.15) is 26.3 Å². The summed E-state index contributed by atoms with van der Waals surface area (Å²) in [5.74, 6) is -0.927. The van der Waals surface area contributed by atoms with Gasteiger partial charge in [0.1, 0.15) is 24.2 Å². The largest absolute Gasteiger partial charge is 0.444 e. The number of methoxy groups -OCH3 is 1. The van der Waals surface area contributed by atoms with Crippen LogP contribution in [0.3, 0.4) is 0 Å². The number of amides is 2. The summed E-state index contributed by atoms with van der Waals surface area (Å²) >= 11 is 0. The van der Waals surface area contributed by atoms with Gasteiger partial charge < -0.3 is 20.1 Å². The van der Waals surface area contributed by atoms with E-state index in [2.05, 4.69) is 10.6 Å². The molecule has 0 radical (unpaired) electrons. The highest BCUT2D eigenvalue weighted by molar-refractivity contribution is 5.85. The van der Waals surface area contributed by atoms with E-state index in [1.807, 2.05) is 0 Å². The van der Waals surface area contributed by atoms with E-state index in [4.69, 9.17) is 9.47 Å². The molecule has 1 atom stereocenters. The first kappa shape index (κ1) is 18.9. The van der Waals surface area contributed by atoms with E-state index >= 15 is 0 Å². The number of nitrogens with one attached hydrogen (secondary N) is 2. The molecule has 0 aliphatic rings. The molecule has 2 amide bonds. The Balaban J connectivity index is 2.82. The molecule has 1 aromatic carbocycles. The fourth-order valence-electron chi connectivity index (χ4n) is 1.81. The topological polar surface area (TPSA) is 76.7 Å². The number of ether oxygens (including phenoxy) is 2. The summed E-state index contributed by atoms with van der Waals surface area (Å²) in [4.78, 5) is 24.0. The lowest BCUT2D eigenvalue weighted by molar-refractivity contribution is -0.124. The molecule has 0 saturated carbocycles. The van der Waals surface area contributed by atoms with Gasteiger partial charge in [0.15, 0.2) is 0 Å². The minimum Gasteiger partial charge on any atom is -0.444 e. The number of hydrogen-bond donors (Lipinski definition) is 2. The first-order valence-corrected chi connectivity index (χ1v) is 7.22. The van der Waals surface area contributed by atoms with Crippen LogP contribution in [-0.4, -0.2) is 37.5 Å². The maximum atomic E-state index is 13.8. The Labute approximate surface area is 135 Å². The van der Waals surface area contributed by atoms with Gasteiger partial charge in [0.2, 0.25) is 5.91 Å². The van der Waals surface area contributed by atoms with Crippen molar-refractivity contribution < 1.29 is 23.5 Å². The highest BCUT2D eigenvalue weighted by Gasteiger charge is 2.25. The van der Waals surface area contributed by atoms with Crippen LogP contribution >= 0.6 is 0 Å². The molecule has 1 unspecified atom stereocenters. The van der Waals surface area contributed by atoms with Gasteiger partial charge >= 0.3 is 6.09 Å². The zero-order chi connectivity index (χ0) is 17.5. The zero-order valence-electron chi connectivity index (χ0n) is 13.8. The van der Waals surface area contributed by atoms with E-state index in [0.29, 0.717) is 5.56 Å². The van der Waals surface area contributed by atoms with Crippen molar-refractivity contribution in [2.75, 3.05) is 13.8 Å². The number of benzene rings is 1. The summed E-state index contributed by atoms with van der Waals surface area (Å²) in [6, 6.07) is 5.10. The maximum absolute atomic E-state index is 13.8. The van der Waals surface area contributed by atoms with Crippen molar-refractivity contribution >= 4 is 12.0 Å². The summed E-state index contributed by atoms with van der Waals surface area (Å²) in [6.07, 6.45) is -0.743. The lowest BCUT2D eigenvalue weighted by Gasteiger charge is -2.23. The number of rotatable bonds is 6. The molecular formula is C16H23FN2O4. The average Bonchev–Trinajstić information content (AvgIpc) is 2.44. The minimum atomic E-state index is -0.975. The van der Waals surface area contributed by atoms with Crippen LogP contribution in [0.25, 0.3) is 0 Å². The maximum Gasteiger partial charge on any atom is 0.408 e. The van der Waals surface area contributed by atoms with Crippen LogP contribution in [-0.2, 0) is 20.7 Å². The van der Waals surface area contributed by atoms with Crippen LogP contribution in [0.4, 0.5) is 9.18 Å². The lowest BCUT2D eigenvalue weighted by atomic mass is 10.0. The van der Waals surface area contributed by atoms with Crippen LogP contribution < -0.4 is 10.6 Å². The van der Waals surface area contributed by atoms with E-state index in [-0.39, 0.29) is 13.2 Å². The van der Waals surface area contributed by atoms with E-state index in [1.165, 1.54) is 13.2 Å². The molecule has 0 spiro atoms. The third-order valence-corrected chi connectivity index (χ3v) is 2.78. The molecule has 0 aromatic heterocycles. The van der Waals surface area contributed by atoms with Gasteiger partial charge in [-0.2, -0.15) is 0 Å². The van der Waals surface area contributed by atoms with Crippen molar-refractivity contribution in [3.8, 4) is 0 Å². The molecule has 2 N–H and O–H groups in total. The van der Waals surface area contributed by atoms with E-state index in [1.54, 1.807) is 39.0 Å². The van der Waals surface area contributed by atoms with Gasteiger partial charge in [-0.05, 0) is 32.4 Å². The molecule has 0 fully saturated rings. The molecule has 0 aliphatic heterocycles. The Morgan fingerprint density at radius 1 is 1.26 bits per heavy atom. The first-order chi connectivity index (χ1) is 10.7. The third kappa shape index (κ3) is 7.10. The molecular weight excluding hydrogens is 303 g/mol. The van der Waals surface area contributed by atoms with Crippen LogP contribution in [0.5, 0.6) is 0 Å². The van der Waals surface area contributed by atoms with Crippen molar-refractivity contribution in [2.24, 2.45) is 0 Å². The third-order valence-electron chi connectivity index (χ3n) is 2.78. The van der Waals surface area contributed by atoms with E-state index < -0.39 is 29.5 Å². The lowest BCUT2D eigenvalue weighted by Crippen LogP contribution is -2.49. The Bertz CT molecular complexity index is 543. The quantitative estimate of drug-likeness (QED) is 0.784. The van der Waals surface area contributed by atoms with Crippen LogP contribution in [0.2, 0.25) is 0 Å². The predicted octanol–water partition coefficient (Wildman–Crippen LogP) is 1.98. The average molecular weight is 326 g/mol. The summed E-state index contributed by atoms with van der Waals surface area (Å²) in [5.41, 5.74) is -0.378. The molecule has 1 aromatic rings. The Hall–Kier alpha value is -2.15. The standard InChI is InChI=1S/C16H23FN2O4/c1-16(2,3)23-15(21)19-13(14(20)18-10-22-4)9-11-7-5-6-8-12(11)17/h5-8,13H,9-10H2,1-4H3,(H,18,20)(H,19,21). The van der Waals surface area contributed by atoms with Crippen molar-refractivity contribution in [3.63, 3.8) is 0 Å². The van der Waals surface area contributed by atoms with Gasteiger partial charge in [-0.25, -0.2) is 9.18 Å². The normalized spacial score (nSPS) is 12.4. The van der Waals surface area contributed by atoms with Crippen LogP contribution in [0.15, 0.2) is 24.3 Å². The van der Waals surface area contributed by atoms with Crippen molar-refractivity contribution in [2.45, 2.75) is 38.8 Å². The Kier molecular flexibility index (Phi) is 6.96. The van der Waals surface area contributed by atoms with Crippen LogP contribution in [0, 0.1) is 5.82 Å². The summed E-state index contributed by atoms with van der Waals surface area (Å²) in [7, 11) is 1.42. The number of carbonyl (C=O) groups is 2. The van der Waals surface area contributed by atoms with Gasteiger partial charge in [0, 0.05) is 13.5 Å². The summed E-state index contributed by atoms with van der Waals surface area (Å²) < 4.78 is 23.7. The molecule has 128 valence electrons. The molecule has 0 heterocycles. The van der Waals surface area contributed by atoms with Gasteiger partial charge in [-0.1, -0.05) is 18.2 Å². The summed E-state index contributed by atoms with van der Waals surface area (Å²) in [5, 5.41) is 4.95. The molecule has 1 rings (SSSR count). The van der Waals surface area contributed by atoms with Crippen molar-refractivity contribution in [1.82, 2.24) is 10.6 Å². The van der Waals surface area contributed by atoms with E-state index in [0.717, 1.165) is 0 Å². The predicted molar refractivity (Wildman–Crippen MR) is 83.3 cm³/mol. The molecule has 7 heteroatoms. The fraction of sp³-hybridized carbons (Fsp3) is 0.500. The first-order valence-electron chi connectivity index (χ1n) is 7.22. The molecule has 0 bridgehead atoms. The number of halogens is 1. The summed E-state index contributed by atoms with van der Waals surface area (Å²) in [6.45, 7) is 5.12. The molecule has 6 nitrogen and oxygen atoms in total. The zero-order valence-corrected chi connectivity index (χ0v) is 13.8. The van der Waals surface area contributed by atoms with Gasteiger partial charge in [-0.15, -0.1) is 0 Å². The number of alkyl carbamates (subject to hydrolysis) is 1. The Morgan fingerprint density at radius 3 is 2.48 bits per heavy atom. The molecule has 23 heavy (non-hydrogen) atoms. The SMILES string of the molecule is COCNC(=O)C(Cc1ccccc1F)NC(=O)OC(C)(C)C. The molecule has 0 aliphatic carbocycles. The van der Waals surface area contributed by atoms with Gasteiger partial charge in [0.25, 0.3) is 0 Å². The second kappa shape index (κ2) is 8.47. The second-order valence-electron chi connectivity index (χ2n) is 5.97. The minimum absolute atomic E-state index is 0.00145. The molecule has 0 saturated heterocycles. The van der Waals surface area contributed by atoms with Gasteiger partial charge in [0.05, 0.1) is 0 Å². The van der Waals surface area contributed by atoms with E-state index in [9.17, 15) is 14.0 Å². The Morgan fingerprint density at radius 2 is 1.91 bits per heavy atom.